The first-order valence-corrected chi connectivity index (χ1v) is 11.0. The summed E-state index contributed by atoms with van der Waals surface area (Å²) in [5.74, 6) is 0.812. The Hall–Kier alpha value is -1.53. The molecule has 0 spiro atoms. The molecule has 6 heteroatoms. The van der Waals surface area contributed by atoms with Gasteiger partial charge in [0.2, 0.25) is 0 Å². The lowest BCUT2D eigenvalue weighted by molar-refractivity contribution is 0.0934. The van der Waals surface area contributed by atoms with Crippen molar-refractivity contribution < 1.29 is 9.90 Å². The molecule has 0 saturated carbocycles. The van der Waals surface area contributed by atoms with Gasteiger partial charge in [0.15, 0.2) is 0 Å². The third kappa shape index (κ3) is 3.27. The first-order valence-electron chi connectivity index (χ1n) is 9.36. The highest BCUT2D eigenvalue weighted by Crippen LogP contribution is 2.46. The van der Waals surface area contributed by atoms with Crippen molar-refractivity contribution in [2.45, 2.75) is 53.1 Å². The zero-order valence-corrected chi connectivity index (χ0v) is 18.5. The van der Waals surface area contributed by atoms with Crippen LogP contribution >= 0.6 is 27.3 Å². The molecule has 0 saturated heterocycles. The Morgan fingerprint density at radius 3 is 2.70 bits per heavy atom. The zero-order valence-electron chi connectivity index (χ0n) is 16.1. The molecule has 2 atom stereocenters. The molecule has 0 radical (unpaired) electrons. The lowest BCUT2D eigenvalue weighted by Gasteiger charge is -2.34. The van der Waals surface area contributed by atoms with E-state index in [1.54, 1.807) is 11.3 Å². The Kier molecular flexibility index (Phi) is 4.54. The molecular weight excluding hydrogens is 424 g/mol. The summed E-state index contributed by atoms with van der Waals surface area (Å²) in [6, 6.07) is 3.72. The average Bonchev–Trinajstić information content (AvgIpc) is 2.95. The van der Waals surface area contributed by atoms with Crippen LogP contribution in [0.25, 0.3) is 0 Å². The molecule has 144 valence electrons. The second-order valence-electron chi connectivity index (χ2n) is 8.72. The summed E-state index contributed by atoms with van der Waals surface area (Å²) >= 11 is 5.19. The van der Waals surface area contributed by atoms with E-state index >= 15 is 0 Å². The number of amides is 1. The van der Waals surface area contributed by atoms with Crippen molar-refractivity contribution in [2.75, 3.05) is 5.32 Å². The predicted octanol–water partition coefficient (Wildman–Crippen LogP) is 5.53. The summed E-state index contributed by atoms with van der Waals surface area (Å²) in [6.07, 6.45) is 2.70. The van der Waals surface area contributed by atoms with E-state index in [4.69, 9.17) is 0 Å². The van der Waals surface area contributed by atoms with E-state index in [0.29, 0.717) is 11.5 Å². The van der Waals surface area contributed by atoms with Crippen LogP contribution in [0.5, 0.6) is 5.75 Å². The summed E-state index contributed by atoms with van der Waals surface area (Å²) < 4.78 is 0.883. The number of benzene rings is 1. The van der Waals surface area contributed by atoms with Crippen LogP contribution in [0.4, 0.5) is 5.00 Å². The number of aryl methyl sites for hydroxylation is 1. The molecule has 0 fully saturated rings. The van der Waals surface area contributed by atoms with Crippen LogP contribution in [0.15, 0.2) is 16.6 Å². The first kappa shape index (κ1) is 18.8. The molecule has 4 nitrogen and oxygen atoms in total. The normalized spacial score (nSPS) is 21.9. The van der Waals surface area contributed by atoms with Gasteiger partial charge in [0.05, 0.1) is 5.56 Å². The number of phenolic OH excluding ortho intramolecular Hbond substituents is 1. The lowest BCUT2D eigenvalue weighted by atomic mass is 9.72. The zero-order chi connectivity index (χ0) is 19.5. The fraction of sp³-hybridized carbons (Fsp3) is 0.476. The molecule has 27 heavy (non-hydrogen) atoms. The van der Waals surface area contributed by atoms with Gasteiger partial charge in [0.25, 0.3) is 5.91 Å². The van der Waals surface area contributed by atoms with Crippen LogP contribution in [0.2, 0.25) is 0 Å². The Morgan fingerprint density at radius 2 is 2.00 bits per heavy atom. The minimum absolute atomic E-state index is 0.0440. The quantitative estimate of drug-likeness (QED) is 0.537. The second kappa shape index (κ2) is 6.52. The van der Waals surface area contributed by atoms with Crippen molar-refractivity contribution >= 4 is 38.2 Å². The van der Waals surface area contributed by atoms with Gasteiger partial charge in [-0.3, -0.25) is 4.79 Å². The number of nitrogens with one attached hydrogen (secondary N) is 2. The van der Waals surface area contributed by atoms with Crippen molar-refractivity contribution in [1.82, 2.24) is 5.32 Å². The molecule has 1 amide bonds. The van der Waals surface area contributed by atoms with Gasteiger partial charge in [-0.15, -0.1) is 11.3 Å². The van der Waals surface area contributed by atoms with E-state index in [1.165, 1.54) is 10.4 Å². The van der Waals surface area contributed by atoms with E-state index < -0.39 is 6.17 Å². The highest BCUT2D eigenvalue weighted by molar-refractivity contribution is 9.10. The largest absolute Gasteiger partial charge is 0.507 e. The van der Waals surface area contributed by atoms with Crippen LogP contribution in [-0.2, 0) is 12.8 Å². The molecular formula is C21H25BrN2O2S. The number of anilines is 1. The Balaban J connectivity index is 1.69. The van der Waals surface area contributed by atoms with Gasteiger partial charge < -0.3 is 15.7 Å². The van der Waals surface area contributed by atoms with Gasteiger partial charge in [-0.05, 0) is 60.8 Å². The monoisotopic (exact) mass is 448 g/mol. The maximum atomic E-state index is 12.9. The third-order valence-electron chi connectivity index (χ3n) is 5.87. The Morgan fingerprint density at radius 1 is 1.26 bits per heavy atom. The molecule has 1 aliphatic carbocycles. The van der Waals surface area contributed by atoms with Gasteiger partial charge in [0.1, 0.15) is 16.9 Å². The number of carbonyl (C=O) groups excluding carboxylic acids is 1. The topological polar surface area (TPSA) is 61.4 Å². The van der Waals surface area contributed by atoms with E-state index in [-0.39, 0.29) is 17.1 Å². The Labute approximate surface area is 172 Å². The molecule has 2 unspecified atom stereocenters. The first-order chi connectivity index (χ1) is 12.6. The number of carbonyl (C=O) groups is 1. The smallest absolute Gasteiger partial charge is 0.256 e. The van der Waals surface area contributed by atoms with Crippen molar-refractivity contribution in [3.63, 3.8) is 0 Å². The predicted molar refractivity (Wildman–Crippen MR) is 114 cm³/mol. The maximum Gasteiger partial charge on any atom is 0.256 e. The molecule has 2 heterocycles. The maximum absolute atomic E-state index is 12.9. The molecule has 1 aromatic heterocycles. The molecule has 2 aliphatic rings. The fourth-order valence-electron chi connectivity index (χ4n) is 4.17. The number of aromatic hydroxyl groups is 1. The summed E-state index contributed by atoms with van der Waals surface area (Å²) in [4.78, 5) is 14.3. The SMILES string of the molecule is Cc1cc(Br)cc(C2NC(=O)c3c(sc4c3CCC(C(C)(C)C)C4)N2)c1O. The summed E-state index contributed by atoms with van der Waals surface area (Å²) in [5.41, 5.74) is 3.76. The van der Waals surface area contributed by atoms with Gasteiger partial charge in [-0.2, -0.15) is 0 Å². The molecule has 1 aliphatic heterocycles. The van der Waals surface area contributed by atoms with Crippen LogP contribution in [0, 0.1) is 18.3 Å². The summed E-state index contributed by atoms with van der Waals surface area (Å²) in [7, 11) is 0. The highest BCUT2D eigenvalue weighted by Gasteiger charge is 2.37. The van der Waals surface area contributed by atoms with E-state index in [0.717, 1.165) is 39.9 Å². The molecule has 3 N–H and O–H groups in total. The average molecular weight is 449 g/mol. The van der Waals surface area contributed by atoms with Gasteiger partial charge in [-0.1, -0.05) is 36.7 Å². The van der Waals surface area contributed by atoms with Crippen molar-refractivity contribution in [2.24, 2.45) is 11.3 Å². The minimum Gasteiger partial charge on any atom is -0.507 e. The van der Waals surface area contributed by atoms with Crippen molar-refractivity contribution in [3.05, 3.63) is 43.7 Å². The number of halogens is 1. The van der Waals surface area contributed by atoms with Crippen molar-refractivity contribution in [1.29, 1.82) is 0 Å². The standard InChI is InChI=1S/C21H25BrN2O2S/c1-10-7-12(22)9-14(17(10)25)18-23-19(26)16-13-6-5-11(21(2,3)4)8-15(13)27-20(16)24-18/h7,9,11,18,24-25H,5-6,8H2,1-4H3,(H,23,26). The number of phenols is 1. The third-order valence-corrected chi connectivity index (χ3v) is 7.52. The minimum atomic E-state index is -0.431. The second-order valence-corrected chi connectivity index (χ2v) is 10.7. The van der Waals surface area contributed by atoms with Crippen LogP contribution < -0.4 is 10.6 Å². The molecule has 2 aromatic rings. The molecule has 0 bridgehead atoms. The van der Waals surface area contributed by atoms with Gasteiger partial charge in [0, 0.05) is 14.9 Å². The number of hydrogen-bond donors (Lipinski definition) is 3. The van der Waals surface area contributed by atoms with E-state index in [9.17, 15) is 9.90 Å². The van der Waals surface area contributed by atoms with Crippen LogP contribution in [-0.4, -0.2) is 11.0 Å². The summed E-state index contributed by atoms with van der Waals surface area (Å²) in [6.45, 7) is 8.76. The highest BCUT2D eigenvalue weighted by atomic mass is 79.9. The lowest BCUT2D eigenvalue weighted by Crippen LogP contribution is -2.38. The van der Waals surface area contributed by atoms with Gasteiger partial charge in [-0.25, -0.2) is 0 Å². The van der Waals surface area contributed by atoms with Crippen molar-refractivity contribution in [3.8, 4) is 5.75 Å². The van der Waals surface area contributed by atoms with E-state index in [2.05, 4.69) is 47.3 Å². The number of hydrogen-bond acceptors (Lipinski definition) is 4. The summed E-state index contributed by atoms with van der Waals surface area (Å²) in [5, 5.41) is 17.9. The Bertz CT molecular complexity index is 929. The number of rotatable bonds is 1. The molecule has 1 aromatic carbocycles. The van der Waals surface area contributed by atoms with Crippen LogP contribution in [0.3, 0.4) is 0 Å². The molecule has 4 rings (SSSR count). The number of thiophene rings is 1. The van der Waals surface area contributed by atoms with Crippen LogP contribution in [0.1, 0.15) is 65.3 Å². The van der Waals surface area contributed by atoms with E-state index in [1.807, 2.05) is 19.1 Å². The number of fused-ring (bicyclic) bond motifs is 3. The van der Waals surface area contributed by atoms with Gasteiger partial charge >= 0.3 is 0 Å². The fourth-order valence-corrected chi connectivity index (χ4v) is 6.12.